The van der Waals surface area contributed by atoms with Crippen LogP contribution in [-0.4, -0.2) is 19.0 Å². The molecule has 2 atom stereocenters. The minimum absolute atomic E-state index is 0.611. The van der Waals surface area contributed by atoms with E-state index in [0.29, 0.717) is 6.04 Å². The van der Waals surface area contributed by atoms with Crippen LogP contribution in [0.1, 0.15) is 18.9 Å². The van der Waals surface area contributed by atoms with Gasteiger partial charge in [-0.2, -0.15) is 0 Å². The normalized spacial score (nSPS) is 24.3. The molecule has 1 aliphatic rings. The topological polar surface area (TPSA) is 36.4 Å². The van der Waals surface area contributed by atoms with Crippen LogP contribution in [0.4, 0.5) is 0 Å². The highest BCUT2D eigenvalue weighted by molar-refractivity contribution is 9.11. The number of hydrogen-bond donors (Lipinski definition) is 2. The molecule has 2 N–H and O–H groups in total. The lowest BCUT2D eigenvalue weighted by Crippen LogP contribution is -2.38. The largest absolute Gasteiger partial charge is 0.353 e. The Bertz CT molecular complexity index is 388. The van der Waals surface area contributed by atoms with Gasteiger partial charge < -0.3 is 10.6 Å². The lowest BCUT2D eigenvalue weighted by molar-refractivity contribution is 0.764. The Kier molecular flexibility index (Phi) is 3.86. The van der Waals surface area contributed by atoms with Gasteiger partial charge in [0.15, 0.2) is 5.96 Å². The molecule has 0 saturated heterocycles. The smallest absolute Gasteiger partial charge is 0.191 e. The van der Waals surface area contributed by atoms with Crippen molar-refractivity contribution in [1.29, 1.82) is 0 Å². The molecular formula is C11H16BrN3S. The zero-order chi connectivity index (χ0) is 11.5. The van der Waals surface area contributed by atoms with Crippen molar-refractivity contribution >= 4 is 33.2 Å². The monoisotopic (exact) mass is 301 g/mol. The summed E-state index contributed by atoms with van der Waals surface area (Å²) in [5.74, 6) is 1.69. The number of thiophene rings is 1. The summed E-state index contributed by atoms with van der Waals surface area (Å²) in [5, 5.41) is 8.86. The van der Waals surface area contributed by atoms with Crippen LogP contribution >= 0.6 is 27.3 Å². The van der Waals surface area contributed by atoms with E-state index in [9.17, 15) is 0 Å². The van der Waals surface area contributed by atoms with Gasteiger partial charge in [-0.05, 0) is 45.3 Å². The molecule has 0 amide bonds. The average molecular weight is 302 g/mol. The lowest BCUT2D eigenvalue weighted by atomic mass is 10.3. The molecule has 0 spiro atoms. The quantitative estimate of drug-likeness (QED) is 0.665. The van der Waals surface area contributed by atoms with Crippen LogP contribution in [0.2, 0.25) is 0 Å². The van der Waals surface area contributed by atoms with Crippen molar-refractivity contribution in [2.45, 2.75) is 25.9 Å². The number of nitrogens with zero attached hydrogens (tertiary/aromatic N) is 1. The Hall–Kier alpha value is -0.550. The van der Waals surface area contributed by atoms with Crippen LogP contribution in [0.25, 0.3) is 0 Å². The molecule has 1 aromatic heterocycles. The molecule has 2 unspecified atom stereocenters. The third kappa shape index (κ3) is 3.22. The molecule has 5 heteroatoms. The molecule has 0 bridgehead atoms. The molecule has 0 aliphatic heterocycles. The van der Waals surface area contributed by atoms with E-state index in [4.69, 9.17) is 0 Å². The molecule has 0 radical (unpaired) electrons. The Morgan fingerprint density at radius 3 is 2.94 bits per heavy atom. The maximum absolute atomic E-state index is 4.21. The summed E-state index contributed by atoms with van der Waals surface area (Å²) in [5.41, 5.74) is 1.28. The summed E-state index contributed by atoms with van der Waals surface area (Å²) in [7, 11) is 1.81. The third-order valence-corrected chi connectivity index (χ3v) is 4.29. The van der Waals surface area contributed by atoms with Gasteiger partial charge in [-0.1, -0.05) is 6.92 Å². The van der Waals surface area contributed by atoms with Gasteiger partial charge in [0.2, 0.25) is 0 Å². The van der Waals surface area contributed by atoms with E-state index in [1.165, 1.54) is 15.8 Å². The first-order valence-electron chi connectivity index (χ1n) is 5.39. The van der Waals surface area contributed by atoms with Crippen LogP contribution in [0, 0.1) is 5.92 Å². The highest BCUT2D eigenvalue weighted by Crippen LogP contribution is 2.28. The standard InChI is InChI=1S/C11H16BrN3S/c1-7-3-9(7)15-11(13-2)14-5-8-4-10(12)16-6-8/h4,6-7,9H,3,5H2,1-2H3,(H2,13,14,15). The summed E-state index contributed by atoms with van der Waals surface area (Å²) in [6.07, 6.45) is 1.25. The molecule has 1 aromatic rings. The molecule has 1 heterocycles. The highest BCUT2D eigenvalue weighted by Gasteiger charge is 2.33. The van der Waals surface area contributed by atoms with Crippen LogP contribution in [0.15, 0.2) is 20.2 Å². The highest BCUT2D eigenvalue weighted by atomic mass is 79.9. The molecule has 1 fully saturated rings. The summed E-state index contributed by atoms with van der Waals surface area (Å²) in [6, 6.07) is 2.74. The number of guanidine groups is 1. The Morgan fingerprint density at radius 2 is 2.44 bits per heavy atom. The van der Waals surface area contributed by atoms with Gasteiger partial charge in [0.25, 0.3) is 0 Å². The lowest BCUT2D eigenvalue weighted by Gasteiger charge is -2.10. The second-order valence-electron chi connectivity index (χ2n) is 4.15. The summed E-state index contributed by atoms with van der Waals surface area (Å²) in [4.78, 5) is 4.21. The Labute approximate surface area is 108 Å². The van der Waals surface area contributed by atoms with Gasteiger partial charge >= 0.3 is 0 Å². The molecule has 1 aliphatic carbocycles. The minimum atomic E-state index is 0.611. The Balaban J connectivity index is 1.79. The molecule has 3 nitrogen and oxygen atoms in total. The van der Waals surface area contributed by atoms with Gasteiger partial charge in [0.1, 0.15) is 0 Å². The van der Waals surface area contributed by atoms with Crippen molar-refractivity contribution in [2.24, 2.45) is 10.9 Å². The van der Waals surface area contributed by atoms with E-state index in [1.807, 2.05) is 7.05 Å². The maximum Gasteiger partial charge on any atom is 0.191 e. The van der Waals surface area contributed by atoms with Crippen molar-refractivity contribution in [3.05, 3.63) is 20.8 Å². The molecule has 88 valence electrons. The van der Waals surface area contributed by atoms with Crippen molar-refractivity contribution < 1.29 is 0 Å². The molecular weight excluding hydrogens is 286 g/mol. The average Bonchev–Trinajstić information content (AvgIpc) is 2.78. The zero-order valence-electron chi connectivity index (χ0n) is 9.46. The first-order valence-corrected chi connectivity index (χ1v) is 7.06. The van der Waals surface area contributed by atoms with Crippen LogP contribution < -0.4 is 10.6 Å². The third-order valence-electron chi connectivity index (χ3n) is 2.74. The van der Waals surface area contributed by atoms with Gasteiger partial charge in [-0.3, -0.25) is 4.99 Å². The van der Waals surface area contributed by atoms with E-state index in [2.05, 4.69) is 49.9 Å². The van der Waals surface area contributed by atoms with E-state index in [1.54, 1.807) is 11.3 Å². The molecule has 16 heavy (non-hydrogen) atoms. The minimum Gasteiger partial charge on any atom is -0.353 e. The second kappa shape index (κ2) is 5.19. The number of halogens is 1. The van der Waals surface area contributed by atoms with Gasteiger partial charge in [0, 0.05) is 19.6 Å². The van der Waals surface area contributed by atoms with E-state index in [-0.39, 0.29) is 0 Å². The molecule has 2 rings (SSSR count). The molecule has 0 aromatic carbocycles. The van der Waals surface area contributed by atoms with Crippen LogP contribution in [-0.2, 0) is 6.54 Å². The van der Waals surface area contributed by atoms with Gasteiger partial charge in [-0.15, -0.1) is 11.3 Å². The van der Waals surface area contributed by atoms with E-state index in [0.717, 1.165) is 18.4 Å². The van der Waals surface area contributed by atoms with Crippen LogP contribution in [0.3, 0.4) is 0 Å². The number of nitrogens with one attached hydrogen (secondary N) is 2. The van der Waals surface area contributed by atoms with Crippen molar-refractivity contribution in [1.82, 2.24) is 10.6 Å². The SMILES string of the molecule is CN=C(NCc1csc(Br)c1)NC1CC1C. The fourth-order valence-corrected chi connectivity index (χ4v) is 2.73. The van der Waals surface area contributed by atoms with E-state index >= 15 is 0 Å². The number of aliphatic imine (C=N–C) groups is 1. The predicted octanol–water partition coefficient (Wildman–Crippen LogP) is 2.58. The number of hydrogen-bond acceptors (Lipinski definition) is 2. The fraction of sp³-hybridized carbons (Fsp3) is 0.545. The summed E-state index contributed by atoms with van der Waals surface area (Å²) in [6.45, 7) is 3.07. The summed E-state index contributed by atoms with van der Waals surface area (Å²) < 4.78 is 1.17. The van der Waals surface area contributed by atoms with Gasteiger partial charge in [-0.25, -0.2) is 0 Å². The Morgan fingerprint density at radius 1 is 1.69 bits per heavy atom. The zero-order valence-corrected chi connectivity index (χ0v) is 11.9. The van der Waals surface area contributed by atoms with E-state index < -0.39 is 0 Å². The maximum atomic E-state index is 4.21. The van der Waals surface area contributed by atoms with Crippen LogP contribution in [0.5, 0.6) is 0 Å². The van der Waals surface area contributed by atoms with Gasteiger partial charge in [0.05, 0.1) is 3.79 Å². The van der Waals surface area contributed by atoms with Crippen molar-refractivity contribution in [3.63, 3.8) is 0 Å². The first-order chi connectivity index (χ1) is 7.69. The molecule has 1 saturated carbocycles. The predicted molar refractivity (Wildman–Crippen MR) is 72.9 cm³/mol. The fourth-order valence-electron chi connectivity index (χ4n) is 1.52. The second-order valence-corrected chi connectivity index (χ2v) is 6.44. The first kappa shape index (κ1) is 11.9. The van der Waals surface area contributed by atoms with Crippen molar-refractivity contribution in [3.8, 4) is 0 Å². The number of rotatable bonds is 3. The summed E-state index contributed by atoms with van der Waals surface area (Å²) >= 11 is 5.17. The van der Waals surface area contributed by atoms with Crippen molar-refractivity contribution in [2.75, 3.05) is 7.05 Å².